The summed E-state index contributed by atoms with van der Waals surface area (Å²) < 4.78 is 16.2. The minimum atomic E-state index is -0.359. The van der Waals surface area contributed by atoms with Crippen LogP contribution in [-0.2, 0) is 19.3 Å². The molecule has 190 valence electrons. The minimum Gasteiger partial charge on any atom is -0.493 e. The standard InChI is InChI=1S/C28H32N2O5S/c1-6-17-8-10-19(11-9-17)29-27(32)24-20-12-7-16(2)13-23(20)36-28(24)30-26(31)18-14-21(33-3)25(35-5)22(15-18)34-4/h8-11,14-16H,6-7,12-13H2,1-5H3,(H,29,32)(H,30,31). The summed E-state index contributed by atoms with van der Waals surface area (Å²) in [6.07, 6.45) is 3.65. The molecule has 2 aromatic carbocycles. The van der Waals surface area contributed by atoms with Crippen molar-refractivity contribution in [1.29, 1.82) is 0 Å². The molecule has 1 aromatic heterocycles. The van der Waals surface area contributed by atoms with E-state index >= 15 is 0 Å². The Kier molecular flexibility index (Phi) is 7.84. The van der Waals surface area contributed by atoms with Crippen molar-refractivity contribution in [3.63, 3.8) is 0 Å². The molecule has 2 amide bonds. The van der Waals surface area contributed by atoms with Gasteiger partial charge < -0.3 is 24.8 Å². The van der Waals surface area contributed by atoms with Gasteiger partial charge in [0.1, 0.15) is 5.00 Å². The summed E-state index contributed by atoms with van der Waals surface area (Å²) in [7, 11) is 4.52. The van der Waals surface area contributed by atoms with Gasteiger partial charge in [0.2, 0.25) is 5.75 Å². The number of carbonyl (C=O) groups excluding carboxylic acids is 2. The van der Waals surface area contributed by atoms with Crippen LogP contribution in [0, 0.1) is 5.92 Å². The van der Waals surface area contributed by atoms with Gasteiger partial charge >= 0.3 is 0 Å². The molecule has 36 heavy (non-hydrogen) atoms. The number of aryl methyl sites for hydroxylation is 1. The Morgan fingerprint density at radius 3 is 2.22 bits per heavy atom. The van der Waals surface area contributed by atoms with Gasteiger partial charge in [0.15, 0.2) is 11.5 Å². The molecule has 1 atom stereocenters. The summed E-state index contributed by atoms with van der Waals surface area (Å²) >= 11 is 1.48. The van der Waals surface area contributed by atoms with Crippen LogP contribution >= 0.6 is 11.3 Å². The zero-order chi connectivity index (χ0) is 25.8. The third-order valence-corrected chi connectivity index (χ3v) is 7.68. The second kappa shape index (κ2) is 11.0. The van der Waals surface area contributed by atoms with E-state index < -0.39 is 0 Å². The first-order valence-electron chi connectivity index (χ1n) is 12.0. The summed E-state index contributed by atoms with van der Waals surface area (Å²) in [6.45, 7) is 4.31. The van der Waals surface area contributed by atoms with Gasteiger partial charge in [0.25, 0.3) is 11.8 Å². The normalized spacial score (nSPS) is 14.5. The number of hydrogen-bond donors (Lipinski definition) is 2. The molecule has 1 aliphatic carbocycles. The number of nitrogens with one attached hydrogen (secondary N) is 2. The van der Waals surface area contributed by atoms with Crippen LogP contribution in [0.1, 0.15) is 57.0 Å². The number of thiophene rings is 1. The van der Waals surface area contributed by atoms with Crippen molar-refractivity contribution < 1.29 is 23.8 Å². The molecule has 0 aliphatic heterocycles. The number of amides is 2. The Labute approximate surface area is 215 Å². The largest absolute Gasteiger partial charge is 0.493 e. The van der Waals surface area contributed by atoms with E-state index in [0.717, 1.165) is 41.8 Å². The van der Waals surface area contributed by atoms with E-state index in [0.29, 0.717) is 39.3 Å². The third-order valence-electron chi connectivity index (χ3n) is 6.51. The van der Waals surface area contributed by atoms with Crippen LogP contribution in [-0.4, -0.2) is 33.1 Å². The summed E-state index contributed by atoms with van der Waals surface area (Å²) in [5, 5.41) is 6.56. The van der Waals surface area contributed by atoms with E-state index in [-0.39, 0.29) is 11.8 Å². The Bertz CT molecular complexity index is 1240. The Balaban J connectivity index is 1.67. The zero-order valence-electron chi connectivity index (χ0n) is 21.3. The van der Waals surface area contributed by atoms with Crippen molar-refractivity contribution in [2.75, 3.05) is 32.0 Å². The number of fused-ring (bicyclic) bond motifs is 1. The first-order valence-corrected chi connectivity index (χ1v) is 12.9. The molecule has 0 radical (unpaired) electrons. The lowest BCUT2D eigenvalue weighted by atomic mass is 9.88. The highest BCUT2D eigenvalue weighted by molar-refractivity contribution is 7.17. The van der Waals surface area contributed by atoms with Gasteiger partial charge in [0.05, 0.1) is 26.9 Å². The summed E-state index contributed by atoms with van der Waals surface area (Å²) in [5.41, 5.74) is 3.84. The van der Waals surface area contributed by atoms with E-state index in [4.69, 9.17) is 14.2 Å². The van der Waals surface area contributed by atoms with Crippen molar-refractivity contribution in [2.24, 2.45) is 5.92 Å². The first-order chi connectivity index (χ1) is 17.4. The maximum absolute atomic E-state index is 13.5. The predicted molar refractivity (Wildman–Crippen MR) is 143 cm³/mol. The van der Waals surface area contributed by atoms with Crippen LogP contribution < -0.4 is 24.8 Å². The summed E-state index contributed by atoms with van der Waals surface area (Å²) in [5.74, 6) is 1.14. The molecule has 7 nitrogen and oxygen atoms in total. The van der Waals surface area contributed by atoms with Gasteiger partial charge in [0, 0.05) is 16.1 Å². The average Bonchev–Trinajstić information content (AvgIpc) is 3.24. The molecular weight excluding hydrogens is 476 g/mol. The Hall–Kier alpha value is -3.52. The van der Waals surface area contributed by atoms with E-state index in [1.54, 1.807) is 12.1 Å². The van der Waals surface area contributed by atoms with Crippen LogP contribution in [0.2, 0.25) is 0 Å². The molecule has 8 heteroatoms. The number of benzene rings is 2. The number of rotatable bonds is 8. The second-order valence-electron chi connectivity index (χ2n) is 8.93. The Morgan fingerprint density at radius 1 is 0.972 bits per heavy atom. The molecule has 0 saturated carbocycles. The first kappa shape index (κ1) is 25.6. The van der Waals surface area contributed by atoms with Crippen LogP contribution in [0.5, 0.6) is 17.2 Å². The van der Waals surface area contributed by atoms with Crippen molar-refractivity contribution in [1.82, 2.24) is 0 Å². The van der Waals surface area contributed by atoms with Crippen molar-refractivity contribution in [3.05, 3.63) is 63.5 Å². The van der Waals surface area contributed by atoms with Crippen LogP contribution in [0.4, 0.5) is 10.7 Å². The SMILES string of the molecule is CCc1ccc(NC(=O)c2c(NC(=O)c3cc(OC)c(OC)c(OC)c3)sc3c2CCC(C)C3)cc1. The van der Waals surface area contributed by atoms with Gasteiger partial charge in [-0.2, -0.15) is 0 Å². The summed E-state index contributed by atoms with van der Waals surface area (Å²) in [6, 6.07) is 11.0. The van der Waals surface area contributed by atoms with Crippen molar-refractivity contribution in [2.45, 2.75) is 39.5 Å². The molecule has 0 saturated heterocycles. The van der Waals surface area contributed by atoms with Crippen molar-refractivity contribution >= 4 is 33.8 Å². The molecular formula is C28H32N2O5S. The number of hydrogen-bond acceptors (Lipinski definition) is 6. The molecule has 1 unspecified atom stereocenters. The fourth-order valence-corrected chi connectivity index (χ4v) is 5.89. The molecule has 4 rings (SSSR count). The fraction of sp³-hybridized carbons (Fsp3) is 0.357. The van der Waals surface area contributed by atoms with Crippen molar-refractivity contribution in [3.8, 4) is 17.2 Å². The zero-order valence-corrected chi connectivity index (χ0v) is 22.1. The van der Waals surface area contributed by atoms with Gasteiger partial charge in [-0.05, 0) is 67.0 Å². The quantitative estimate of drug-likeness (QED) is 0.392. The number of carbonyl (C=O) groups is 2. The molecule has 0 bridgehead atoms. The van der Waals surface area contributed by atoms with Gasteiger partial charge in [-0.1, -0.05) is 26.0 Å². The van der Waals surface area contributed by atoms with Crippen LogP contribution in [0.25, 0.3) is 0 Å². The predicted octanol–water partition coefficient (Wildman–Crippen LogP) is 5.97. The average molecular weight is 509 g/mol. The van der Waals surface area contributed by atoms with Gasteiger partial charge in [-0.25, -0.2) is 0 Å². The molecule has 1 aliphatic rings. The highest BCUT2D eigenvalue weighted by atomic mass is 32.1. The Morgan fingerprint density at radius 2 is 1.64 bits per heavy atom. The summed E-state index contributed by atoms with van der Waals surface area (Å²) in [4.78, 5) is 28.0. The van der Waals surface area contributed by atoms with Gasteiger partial charge in [-0.3, -0.25) is 9.59 Å². The maximum Gasteiger partial charge on any atom is 0.258 e. The molecule has 2 N–H and O–H groups in total. The topological polar surface area (TPSA) is 85.9 Å². The number of anilines is 2. The lowest BCUT2D eigenvalue weighted by Crippen LogP contribution is -2.19. The minimum absolute atomic E-state index is 0.216. The van der Waals surface area contributed by atoms with E-state index in [1.165, 1.54) is 38.2 Å². The third kappa shape index (κ3) is 5.18. The fourth-order valence-electron chi connectivity index (χ4n) is 4.48. The van der Waals surface area contributed by atoms with Crippen LogP contribution in [0.15, 0.2) is 36.4 Å². The number of ether oxygens (including phenoxy) is 3. The lowest BCUT2D eigenvalue weighted by molar-refractivity contribution is 0.102. The highest BCUT2D eigenvalue weighted by Gasteiger charge is 2.29. The van der Waals surface area contributed by atoms with E-state index in [9.17, 15) is 9.59 Å². The molecule has 0 fully saturated rings. The molecule has 0 spiro atoms. The maximum atomic E-state index is 13.5. The molecule has 3 aromatic rings. The van der Waals surface area contributed by atoms with E-state index in [2.05, 4.69) is 24.5 Å². The highest BCUT2D eigenvalue weighted by Crippen LogP contribution is 2.41. The second-order valence-corrected chi connectivity index (χ2v) is 10.0. The number of methoxy groups -OCH3 is 3. The van der Waals surface area contributed by atoms with E-state index in [1.807, 2.05) is 24.3 Å². The molecule has 1 heterocycles. The smallest absolute Gasteiger partial charge is 0.258 e. The lowest BCUT2D eigenvalue weighted by Gasteiger charge is -2.18. The van der Waals surface area contributed by atoms with Crippen LogP contribution in [0.3, 0.4) is 0 Å². The monoisotopic (exact) mass is 508 g/mol. The van der Waals surface area contributed by atoms with Gasteiger partial charge in [-0.15, -0.1) is 11.3 Å².